The number of carbonyl (C=O) groups excluding carboxylic acids is 2. The van der Waals surface area contributed by atoms with Crippen LogP contribution in [0.25, 0.3) is 0 Å². The number of carbonyl (C=O) groups is 2. The SMILES string of the molecule is CN(Cc1ccc(N2CCCCC2)cc1)C(=O)CC1Sc2ccc(Cl)cc2NC1=O. The van der Waals surface area contributed by atoms with Gasteiger partial charge in [-0.1, -0.05) is 23.7 Å². The van der Waals surface area contributed by atoms with Crippen molar-refractivity contribution in [1.82, 2.24) is 4.90 Å². The van der Waals surface area contributed by atoms with Crippen molar-refractivity contribution >= 4 is 46.6 Å². The lowest BCUT2D eigenvalue weighted by Gasteiger charge is -2.29. The van der Waals surface area contributed by atoms with Gasteiger partial charge in [0.1, 0.15) is 0 Å². The second kappa shape index (κ2) is 9.31. The molecule has 2 amide bonds. The Labute approximate surface area is 186 Å². The summed E-state index contributed by atoms with van der Waals surface area (Å²) in [6.45, 7) is 2.77. The molecule has 1 fully saturated rings. The van der Waals surface area contributed by atoms with Gasteiger partial charge in [0, 0.05) is 48.7 Å². The molecule has 2 aromatic carbocycles. The van der Waals surface area contributed by atoms with Gasteiger partial charge in [-0.05, 0) is 55.2 Å². The molecule has 4 rings (SSSR count). The molecule has 0 saturated carbocycles. The van der Waals surface area contributed by atoms with Gasteiger partial charge in [-0.2, -0.15) is 0 Å². The van der Waals surface area contributed by atoms with Crippen LogP contribution >= 0.6 is 23.4 Å². The Morgan fingerprint density at radius 2 is 1.90 bits per heavy atom. The van der Waals surface area contributed by atoms with E-state index in [1.165, 1.54) is 36.7 Å². The highest BCUT2D eigenvalue weighted by Gasteiger charge is 2.30. The number of hydrogen-bond acceptors (Lipinski definition) is 4. The van der Waals surface area contributed by atoms with Crippen molar-refractivity contribution in [3.05, 3.63) is 53.1 Å². The van der Waals surface area contributed by atoms with Crippen molar-refractivity contribution in [3.8, 4) is 0 Å². The summed E-state index contributed by atoms with van der Waals surface area (Å²) in [5.74, 6) is -0.192. The van der Waals surface area contributed by atoms with Gasteiger partial charge >= 0.3 is 0 Å². The summed E-state index contributed by atoms with van der Waals surface area (Å²) in [4.78, 5) is 30.2. The lowest BCUT2D eigenvalue weighted by atomic mass is 10.1. The maximum Gasteiger partial charge on any atom is 0.238 e. The second-order valence-corrected chi connectivity index (χ2v) is 9.59. The molecule has 0 radical (unpaired) electrons. The Kier molecular flexibility index (Phi) is 6.54. The number of halogens is 1. The molecule has 1 unspecified atom stereocenters. The molecule has 0 aromatic heterocycles. The van der Waals surface area contributed by atoms with Gasteiger partial charge < -0.3 is 15.1 Å². The van der Waals surface area contributed by atoms with Crippen molar-refractivity contribution in [2.75, 3.05) is 30.4 Å². The molecule has 1 saturated heterocycles. The molecule has 2 aliphatic rings. The zero-order valence-electron chi connectivity index (χ0n) is 17.1. The number of benzene rings is 2. The van der Waals surface area contributed by atoms with Gasteiger partial charge in [0.15, 0.2) is 0 Å². The molecule has 2 heterocycles. The number of amides is 2. The summed E-state index contributed by atoms with van der Waals surface area (Å²) in [5.41, 5.74) is 3.05. The molecular formula is C23H26ClN3O2S. The van der Waals surface area contributed by atoms with Crippen LogP contribution in [-0.4, -0.2) is 42.1 Å². The highest BCUT2D eigenvalue weighted by Crippen LogP contribution is 2.38. The largest absolute Gasteiger partial charge is 0.372 e. The molecule has 2 aromatic rings. The number of thioether (sulfide) groups is 1. The standard InChI is InChI=1S/C23H26ClN3O2S/c1-26(15-16-5-8-18(9-6-16)27-11-3-2-4-12-27)22(28)14-21-23(29)25-19-13-17(24)7-10-20(19)30-21/h5-10,13,21H,2-4,11-12,14-15H2,1H3,(H,25,29). The fourth-order valence-corrected chi connectivity index (χ4v) is 5.15. The Morgan fingerprint density at radius 1 is 1.17 bits per heavy atom. The number of hydrogen-bond donors (Lipinski definition) is 1. The van der Waals surface area contributed by atoms with E-state index in [9.17, 15) is 9.59 Å². The highest BCUT2D eigenvalue weighted by molar-refractivity contribution is 8.01. The Morgan fingerprint density at radius 3 is 2.63 bits per heavy atom. The van der Waals surface area contributed by atoms with Crippen LogP contribution in [0, 0.1) is 0 Å². The molecule has 1 atom stereocenters. The summed E-state index contributed by atoms with van der Waals surface area (Å²) in [5, 5.41) is 3.01. The fourth-order valence-electron chi connectivity index (χ4n) is 3.90. The number of nitrogens with zero attached hydrogens (tertiary/aromatic N) is 2. The topological polar surface area (TPSA) is 52.6 Å². The van der Waals surface area contributed by atoms with Gasteiger partial charge in [-0.25, -0.2) is 0 Å². The van der Waals surface area contributed by atoms with Gasteiger partial charge in [0.2, 0.25) is 11.8 Å². The minimum Gasteiger partial charge on any atom is -0.372 e. The minimum atomic E-state index is -0.435. The zero-order chi connectivity index (χ0) is 21.1. The number of anilines is 2. The molecule has 0 spiro atoms. The van der Waals surface area contributed by atoms with Crippen LogP contribution in [0.3, 0.4) is 0 Å². The van der Waals surface area contributed by atoms with E-state index in [-0.39, 0.29) is 18.2 Å². The van der Waals surface area contributed by atoms with E-state index in [4.69, 9.17) is 11.6 Å². The third-order valence-electron chi connectivity index (χ3n) is 5.62. The summed E-state index contributed by atoms with van der Waals surface area (Å²) >= 11 is 7.41. The van der Waals surface area contributed by atoms with E-state index in [2.05, 4.69) is 34.5 Å². The lowest BCUT2D eigenvalue weighted by Crippen LogP contribution is -2.35. The third-order valence-corrected chi connectivity index (χ3v) is 7.13. The summed E-state index contributed by atoms with van der Waals surface area (Å²) < 4.78 is 0. The number of nitrogens with one attached hydrogen (secondary N) is 1. The fraction of sp³-hybridized carbons (Fsp3) is 0.391. The predicted octanol–water partition coefficient (Wildman–Crippen LogP) is 4.79. The van der Waals surface area contributed by atoms with Crippen LogP contribution in [0.15, 0.2) is 47.4 Å². The zero-order valence-corrected chi connectivity index (χ0v) is 18.6. The number of fused-ring (bicyclic) bond motifs is 1. The Bertz CT molecular complexity index is 929. The quantitative estimate of drug-likeness (QED) is 0.721. The van der Waals surface area contributed by atoms with Crippen molar-refractivity contribution in [2.45, 2.75) is 42.4 Å². The van der Waals surface area contributed by atoms with Crippen LogP contribution in [0.5, 0.6) is 0 Å². The second-order valence-electron chi connectivity index (χ2n) is 7.90. The summed E-state index contributed by atoms with van der Waals surface area (Å²) in [6, 6.07) is 13.9. The average Bonchev–Trinajstić information content (AvgIpc) is 2.75. The van der Waals surface area contributed by atoms with Crippen molar-refractivity contribution in [3.63, 3.8) is 0 Å². The first kappa shape index (κ1) is 21.1. The molecule has 0 bridgehead atoms. The molecule has 5 nitrogen and oxygen atoms in total. The average molecular weight is 444 g/mol. The summed E-state index contributed by atoms with van der Waals surface area (Å²) in [7, 11) is 1.79. The van der Waals surface area contributed by atoms with E-state index in [0.29, 0.717) is 17.3 Å². The molecular weight excluding hydrogens is 418 g/mol. The summed E-state index contributed by atoms with van der Waals surface area (Å²) in [6.07, 6.45) is 3.99. The highest BCUT2D eigenvalue weighted by atomic mass is 35.5. The number of rotatable bonds is 5. The predicted molar refractivity (Wildman–Crippen MR) is 123 cm³/mol. The molecule has 0 aliphatic carbocycles. The molecule has 30 heavy (non-hydrogen) atoms. The van der Waals surface area contributed by atoms with Crippen LogP contribution < -0.4 is 10.2 Å². The molecule has 2 aliphatic heterocycles. The maximum atomic E-state index is 12.7. The van der Waals surface area contributed by atoms with E-state index in [1.807, 2.05) is 6.07 Å². The Hall–Kier alpha value is -2.18. The van der Waals surface area contributed by atoms with Gasteiger partial charge in [-0.15, -0.1) is 11.8 Å². The van der Waals surface area contributed by atoms with Crippen molar-refractivity contribution in [1.29, 1.82) is 0 Å². The van der Waals surface area contributed by atoms with Gasteiger partial charge in [0.25, 0.3) is 0 Å². The van der Waals surface area contributed by atoms with Crippen LogP contribution in [0.1, 0.15) is 31.2 Å². The van der Waals surface area contributed by atoms with E-state index < -0.39 is 5.25 Å². The van der Waals surface area contributed by atoms with Crippen LogP contribution in [0.2, 0.25) is 5.02 Å². The molecule has 158 valence electrons. The maximum absolute atomic E-state index is 12.7. The Balaban J connectivity index is 1.33. The van der Waals surface area contributed by atoms with Gasteiger partial charge in [-0.3, -0.25) is 9.59 Å². The van der Waals surface area contributed by atoms with Crippen LogP contribution in [-0.2, 0) is 16.1 Å². The first-order valence-corrected chi connectivity index (χ1v) is 11.6. The molecule has 1 N–H and O–H groups in total. The normalized spacial score (nSPS) is 18.5. The first-order chi connectivity index (χ1) is 14.5. The minimum absolute atomic E-state index is 0.0415. The van der Waals surface area contributed by atoms with E-state index in [1.54, 1.807) is 24.1 Å². The van der Waals surface area contributed by atoms with E-state index in [0.717, 1.165) is 23.5 Å². The third kappa shape index (κ3) is 4.93. The smallest absolute Gasteiger partial charge is 0.238 e. The monoisotopic (exact) mass is 443 g/mol. The molecule has 7 heteroatoms. The van der Waals surface area contributed by atoms with Gasteiger partial charge in [0.05, 0.1) is 10.9 Å². The lowest BCUT2D eigenvalue weighted by molar-refractivity contribution is -0.131. The van der Waals surface area contributed by atoms with Crippen LogP contribution in [0.4, 0.5) is 11.4 Å². The first-order valence-electron chi connectivity index (χ1n) is 10.3. The van der Waals surface area contributed by atoms with Crippen molar-refractivity contribution in [2.24, 2.45) is 0 Å². The van der Waals surface area contributed by atoms with E-state index >= 15 is 0 Å². The number of piperidine rings is 1. The van der Waals surface area contributed by atoms with Crippen molar-refractivity contribution < 1.29 is 9.59 Å².